The molecule has 2 aromatic rings. The maximum atomic E-state index is 12.7. The topological polar surface area (TPSA) is 58.2 Å². The summed E-state index contributed by atoms with van der Waals surface area (Å²) in [6.45, 7) is 4.18. The van der Waals surface area contributed by atoms with E-state index < -0.39 is 10.0 Å². The highest BCUT2D eigenvalue weighted by Crippen LogP contribution is 2.26. The van der Waals surface area contributed by atoms with Gasteiger partial charge in [-0.1, -0.05) is 32.0 Å². The molecule has 0 heterocycles. The molecule has 2 N–H and O–H groups in total. The van der Waals surface area contributed by atoms with E-state index in [2.05, 4.69) is 23.9 Å². The van der Waals surface area contributed by atoms with Crippen molar-refractivity contribution in [3.8, 4) is 0 Å². The fourth-order valence-corrected chi connectivity index (χ4v) is 4.55. The first-order chi connectivity index (χ1) is 12.9. The largest absolute Gasteiger partial charge is 0.311 e. The van der Waals surface area contributed by atoms with Crippen molar-refractivity contribution in [2.75, 3.05) is 17.9 Å². The molecule has 1 aliphatic carbocycles. The van der Waals surface area contributed by atoms with E-state index in [9.17, 15) is 12.8 Å². The average Bonchev–Trinajstić information content (AvgIpc) is 2.66. The summed E-state index contributed by atoms with van der Waals surface area (Å²) < 4.78 is 40.3. The Hall–Kier alpha value is -1.92. The minimum Gasteiger partial charge on any atom is -0.311 e. The lowest BCUT2D eigenvalue weighted by molar-refractivity contribution is 0.406. The van der Waals surface area contributed by atoms with Gasteiger partial charge in [0, 0.05) is 18.3 Å². The summed E-state index contributed by atoms with van der Waals surface area (Å²) >= 11 is 0. The Morgan fingerprint density at radius 2 is 1.85 bits per heavy atom. The summed E-state index contributed by atoms with van der Waals surface area (Å²) in [7, 11) is -3.61. The zero-order valence-electron chi connectivity index (χ0n) is 15.8. The van der Waals surface area contributed by atoms with E-state index in [1.807, 2.05) is 24.3 Å². The Balaban J connectivity index is 1.72. The third-order valence-electron chi connectivity index (χ3n) is 5.07. The van der Waals surface area contributed by atoms with Crippen LogP contribution in [-0.2, 0) is 22.9 Å². The van der Waals surface area contributed by atoms with Crippen LogP contribution in [0.2, 0.25) is 0 Å². The number of anilines is 1. The van der Waals surface area contributed by atoms with Gasteiger partial charge in [-0.25, -0.2) is 12.8 Å². The molecule has 3 rings (SSSR count). The molecule has 0 aliphatic heterocycles. The summed E-state index contributed by atoms with van der Waals surface area (Å²) in [5.74, 6) is 0.360. The van der Waals surface area contributed by atoms with Crippen molar-refractivity contribution in [1.82, 2.24) is 5.32 Å². The average molecular weight is 391 g/mol. The number of nitrogens with one attached hydrogen (secondary N) is 2. The highest BCUT2D eigenvalue weighted by molar-refractivity contribution is 7.92. The first-order valence-electron chi connectivity index (χ1n) is 9.43. The molecule has 0 spiro atoms. The highest BCUT2D eigenvalue weighted by Gasteiger charge is 2.20. The highest BCUT2D eigenvalue weighted by atomic mass is 32.2. The summed E-state index contributed by atoms with van der Waals surface area (Å²) in [6.07, 6.45) is 2.64. The molecule has 0 aromatic heterocycles. The summed E-state index contributed by atoms with van der Waals surface area (Å²) in [5, 5.41) is 3.21. The van der Waals surface area contributed by atoms with Gasteiger partial charge in [-0.3, -0.25) is 4.72 Å². The van der Waals surface area contributed by atoms with Crippen molar-refractivity contribution >= 4 is 15.7 Å². The number of aryl methyl sites for hydroxylation is 1. The van der Waals surface area contributed by atoms with Crippen molar-refractivity contribution in [3.63, 3.8) is 0 Å². The Kier molecular flexibility index (Phi) is 6.17. The SMILES string of the molecule is CC(C)c1ccc(S(=O)(=O)Nc2ccc3c(c2)CCC(NCCF)C3)cc1. The third-order valence-corrected chi connectivity index (χ3v) is 6.47. The number of alkyl halides is 1. The standard InChI is InChI=1S/C21H27FN2O2S/c1-15(2)16-5-9-21(10-6-16)27(25,26)24-20-8-4-17-13-19(23-12-11-22)7-3-18(17)14-20/h4-6,8-10,14-15,19,23-24H,3,7,11-13H2,1-2H3. The second kappa shape index (κ2) is 8.40. The zero-order chi connectivity index (χ0) is 19.4. The van der Waals surface area contributed by atoms with Crippen molar-refractivity contribution in [2.45, 2.75) is 50.0 Å². The molecule has 0 saturated carbocycles. The van der Waals surface area contributed by atoms with Crippen LogP contribution >= 0.6 is 0 Å². The molecular weight excluding hydrogens is 363 g/mol. The number of sulfonamides is 1. The molecule has 1 aliphatic rings. The van der Waals surface area contributed by atoms with Crippen molar-refractivity contribution in [3.05, 3.63) is 59.2 Å². The van der Waals surface area contributed by atoms with E-state index in [1.165, 1.54) is 5.56 Å². The molecule has 1 unspecified atom stereocenters. The van der Waals surface area contributed by atoms with Gasteiger partial charge in [0.1, 0.15) is 6.67 Å². The molecule has 0 bridgehead atoms. The molecule has 27 heavy (non-hydrogen) atoms. The van der Waals surface area contributed by atoms with Gasteiger partial charge < -0.3 is 5.32 Å². The van der Waals surface area contributed by atoms with Gasteiger partial charge in [-0.05, 0) is 66.1 Å². The predicted octanol–water partition coefficient (Wildman–Crippen LogP) is 4.03. The normalized spacial score (nSPS) is 17.0. The van der Waals surface area contributed by atoms with Crippen molar-refractivity contribution in [1.29, 1.82) is 0 Å². The molecule has 0 fully saturated rings. The third kappa shape index (κ3) is 4.87. The van der Waals surface area contributed by atoms with Crippen LogP contribution in [0.4, 0.5) is 10.1 Å². The number of benzene rings is 2. The van der Waals surface area contributed by atoms with Crippen LogP contribution in [0.15, 0.2) is 47.4 Å². The molecule has 4 nitrogen and oxygen atoms in total. The molecule has 0 saturated heterocycles. The van der Waals surface area contributed by atoms with E-state index in [1.54, 1.807) is 18.2 Å². The van der Waals surface area contributed by atoms with Gasteiger partial charge >= 0.3 is 0 Å². The van der Waals surface area contributed by atoms with Crippen LogP contribution in [0.3, 0.4) is 0 Å². The maximum absolute atomic E-state index is 12.7. The van der Waals surface area contributed by atoms with Gasteiger partial charge in [-0.15, -0.1) is 0 Å². The van der Waals surface area contributed by atoms with E-state index in [0.717, 1.165) is 30.4 Å². The first-order valence-corrected chi connectivity index (χ1v) is 10.9. The van der Waals surface area contributed by atoms with Crippen LogP contribution in [0, 0.1) is 0 Å². The molecular formula is C21H27FN2O2S. The summed E-state index contributed by atoms with van der Waals surface area (Å²) in [6, 6.07) is 13.0. The minimum absolute atomic E-state index is 0.264. The van der Waals surface area contributed by atoms with Crippen molar-refractivity contribution in [2.24, 2.45) is 0 Å². The van der Waals surface area contributed by atoms with E-state index >= 15 is 0 Å². The Bertz CT molecular complexity index is 880. The van der Waals surface area contributed by atoms with Gasteiger partial charge in [-0.2, -0.15) is 0 Å². The molecule has 0 amide bonds. The van der Waals surface area contributed by atoms with Crippen molar-refractivity contribution < 1.29 is 12.8 Å². The Morgan fingerprint density at radius 3 is 2.52 bits per heavy atom. The fraction of sp³-hybridized carbons (Fsp3) is 0.429. The summed E-state index contributed by atoms with van der Waals surface area (Å²) in [4.78, 5) is 0.264. The van der Waals surface area contributed by atoms with Gasteiger partial charge in [0.05, 0.1) is 4.90 Å². The predicted molar refractivity (Wildman–Crippen MR) is 108 cm³/mol. The molecule has 0 radical (unpaired) electrons. The monoisotopic (exact) mass is 390 g/mol. The summed E-state index contributed by atoms with van der Waals surface area (Å²) in [5.41, 5.74) is 4.04. The number of hydrogen-bond acceptors (Lipinski definition) is 3. The van der Waals surface area contributed by atoms with E-state index in [-0.39, 0.29) is 17.6 Å². The molecule has 1 atom stereocenters. The van der Waals surface area contributed by atoms with Gasteiger partial charge in [0.15, 0.2) is 0 Å². The Morgan fingerprint density at radius 1 is 1.11 bits per heavy atom. The molecule has 6 heteroatoms. The molecule has 2 aromatic carbocycles. The van der Waals surface area contributed by atoms with Crippen LogP contribution in [0.1, 0.15) is 42.9 Å². The lowest BCUT2D eigenvalue weighted by atomic mass is 9.88. The smallest absolute Gasteiger partial charge is 0.261 e. The lowest BCUT2D eigenvalue weighted by Gasteiger charge is -2.26. The van der Waals surface area contributed by atoms with Gasteiger partial charge in [0.25, 0.3) is 10.0 Å². The van der Waals surface area contributed by atoms with E-state index in [0.29, 0.717) is 18.2 Å². The van der Waals surface area contributed by atoms with Gasteiger partial charge in [0.2, 0.25) is 0 Å². The maximum Gasteiger partial charge on any atom is 0.261 e. The lowest BCUT2D eigenvalue weighted by Crippen LogP contribution is -2.35. The molecule has 146 valence electrons. The second-order valence-electron chi connectivity index (χ2n) is 7.40. The number of fused-ring (bicyclic) bond motifs is 1. The number of hydrogen-bond donors (Lipinski definition) is 2. The number of halogens is 1. The van der Waals surface area contributed by atoms with Crippen LogP contribution in [0.25, 0.3) is 0 Å². The van der Waals surface area contributed by atoms with E-state index in [4.69, 9.17) is 0 Å². The Labute approximate surface area is 161 Å². The minimum atomic E-state index is -3.61. The number of rotatable bonds is 7. The van der Waals surface area contributed by atoms with Crippen LogP contribution < -0.4 is 10.0 Å². The second-order valence-corrected chi connectivity index (χ2v) is 9.08. The van der Waals surface area contributed by atoms with Crippen LogP contribution in [-0.4, -0.2) is 27.7 Å². The fourth-order valence-electron chi connectivity index (χ4n) is 3.50. The quantitative estimate of drug-likeness (QED) is 0.751. The first kappa shape index (κ1) is 19.8. The van der Waals surface area contributed by atoms with Crippen LogP contribution in [0.5, 0.6) is 0 Å². The zero-order valence-corrected chi connectivity index (χ0v) is 16.7.